The molecule has 4 aliphatic carbocycles. The van der Waals surface area contributed by atoms with Crippen molar-refractivity contribution < 1.29 is 129 Å². The Morgan fingerprint density at radius 1 is 0.509 bits per heavy atom. The highest BCUT2D eigenvalue weighted by molar-refractivity contribution is 6.41. The molecule has 2 amide bonds. The predicted molar refractivity (Wildman–Crippen MR) is 408 cm³/mol. The first-order chi connectivity index (χ1) is 45.6. The number of benzene rings is 2. The number of hydrogen-bond acceptors (Lipinski definition) is 23. The maximum Gasteiger partial charge on any atom is 0.446 e. The molecule has 8 atom stereocenters. The highest BCUT2D eigenvalue weighted by Gasteiger charge is 2.64. The number of ketones is 1. The Kier molecular flexibility index (Phi) is 76.7. The van der Waals surface area contributed by atoms with Gasteiger partial charge in [0.2, 0.25) is 12.1 Å². The van der Waals surface area contributed by atoms with E-state index in [9.17, 15) is 71.0 Å². The summed E-state index contributed by atoms with van der Waals surface area (Å²) in [5.74, 6) is -5.40. The number of alkyl halides is 7. The number of Topliss-reactive ketones (excluding diaryl/α,β-unsaturated/α-hetero) is 1. The van der Waals surface area contributed by atoms with Crippen molar-refractivity contribution in [2.75, 3.05) is 57.4 Å². The highest BCUT2D eigenvalue weighted by Crippen LogP contribution is 2.54. The Bertz CT molecular complexity index is 2680. The molecule has 0 heterocycles. The van der Waals surface area contributed by atoms with Crippen molar-refractivity contribution in [1.29, 1.82) is 0 Å². The first kappa shape index (κ1) is 125. The van der Waals surface area contributed by atoms with E-state index in [0.29, 0.717) is 51.3 Å². The third-order valence-corrected chi connectivity index (χ3v) is 12.8. The predicted octanol–water partition coefficient (Wildman–Crippen LogP) is 15.4. The number of aldehydes is 1. The number of carboxylic acids is 1. The quantitative estimate of drug-likeness (QED) is 0.0205. The molecule has 2 aromatic rings. The van der Waals surface area contributed by atoms with Crippen LogP contribution < -0.4 is 10.6 Å². The lowest BCUT2D eigenvalue weighted by atomic mass is 10.1. The molecule has 0 radical (unpaired) electrons. The summed E-state index contributed by atoms with van der Waals surface area (Å²) in [7, 11) is 1.00. The van der Waals surface area contributed by atoms with E-state index in [0.717, 1.165) is 18.2 Å². The van der Waals surface area contributed by atoms with Crippen LogP contribution in [0.25, 0.3) is 0 Å². The first-order valence-corrected chi connectivity index (χ1v) is 32.3. The van der Waals surface area contributed by atoms with Crippen molar-refractivity contribution in [3.8, 4) is 0 Å². The lowest BCUT2D eigenvalue weighted by Crippen LogP contribution is -2.37. The second-order valence-electron chi connectivity index (χ2n) is 22.0. The van der Waals surface area contributed by atoms with Gasteiger partial charge in [0, 0.05) is 32.1 Å². The Balaban J connectivity index is -0.0000000973. The molecule has 106 heavy (non-hydrogen) atoms. The molecule has 5 N–H and O–H groups in total. The molecular formula is C73H127Cl4F3N2O24. The molecule has 622 valence electrons. The average Bonchev–Trinajstić information content (AvgIpc) is 1.61. The Labute approximate surface area is 648 Å². The van der Waals surface area contributed by atoms with E-state index in [2.05, 4.69) is 26.7 Å². The van der Waals surface area contributed by atoms with E-state index in [1.54, 1.807) is 69.2 Å². The lowest BCUT2D eigenvalue weighted by molar-refractivity contribution is -0.161. The second kappa shape index (κ2) is 64.8. The Hall–Kier alpha value is -7.31. The smallest absolute Gasteiger partial charge is 0.446 e. The fourth-order valence-electron chi connectivity index (χ4n) is 7.15. The number of hydrogen-bond donors (Lipinski definition) is 5. The molecule has 0 saturated heterocycles. The molecule has 0 bridgehead atoms. The zero-order valence-corrected chi connectivity index (χ0v) is 60.9. The minimum Gasteiger partial charge on any atom is -0.481 e. The van der Waals surface area contributed by atoms with E-state index in [-0.39, 0.29) is 139 Å². The Morgan fingerprint density at radius 2 is 0.811 bits per heavy atom. The fraction of sp³-hybridized carbons (Fsp3) is 0.644. The van der Waals surface area contributed by atoms with Gasteiger partial charge in [0.05, 0.1) is 84.4 Å². The number of halogens is 7. The van der Waals surface area contributed by atoms with Crippen molar-refractivity contribution >= 4 is 118 Å². The standard InChI is InChI=1S/C15H19NO4.C14H17NO5.C12H20O4.C8H12O4.C6H10O2.C5H8O3.C2HF3O.2CH2Cl2.CH4O.8CH4/c1-3-19-13(17)15(2)9-12(15)16-14(18)20-10-11-7-5-4-6-8-11;1-2-19-12(16)14(18)8-11(14)15-13(17)20-9-10-6-4-3-5-7-10;1-6-15-10(14)12(5)7-8(12)9(13)16-11(2,3)4;1-3-12-7(11)8(2)4-5(8)6(9)10;1-4-8-6(7)5(2)3;1-3-8-5(7)4(2)6;3-2(4,5)1-6;2*2-1-3;1-2;;;;;;;;/h4-8,12H,3,9-10H2,1-2H3,(H,16,18);3-7,11,18H,2,8-9H2,1H3,(H,15,17);8H,6-7H2,1-5H3;5H,3-4H2,1-2H3,(H,9,10);2,4H2,1,3H3;3H2,1-2H3;1H;2*1H2;2H,1H3;8*1H4. The number of alkyl carbamates (subject to hydrolysis) is 2. The minimum absolute atomic E-state index is 0. The van der Waals surface area contributed by atoms with E-state index < -0.39 is 93.7 Å². The number of carboxylic acid groups (broad SMARTS) is 1. The monoisotopic (exact) mass is 1610 g/mol. The third-order valence-electron chi connectivity index (χ3n) is 12.8. The number of carbonyl (C=O) groups is 12. The van der Waals surface area contributed by atoms with Gasteiger partial charge in [0.25, 0.3) is 0 Å². The van der Waals surface area contributed by atoms with Gasteiger partial charge in [-0.2, -0.15) is 13.2 Å². The summed E-state index contributed by atoms with van der Waals surface area (Å²) in [4.78, 5) is 131. The van der Waals surface area contributed by atoms with Crippen LogP contribution in [0, 0.1) is 28.1 Å². The summed E-state index contributed by atoms with van der Waals surface area (Å²) in [6, 6.07) is 17.8. The fourth-order valence-corrected chi connectivity index (χ4v) is 7.15. The molecule has 6 rings (SSSR count). The van der Waals surface area contributed by atoms with Crippen LogP contribution >= 0.6 is 46.4 Å². The maximum absolute atomic E-state index is 11.7. The second-order valence-corrected chi connectivity index (χ2v) is 23.6. The molecular weight excluding hydrogens is 1490 g/mol. The summed E-state index contributed by atoms with van der Waals surface area (Å²) in [5, 5.41) is 31.0. The van der Waals surface area contributed by atoms with Gasteiger partial charge in [0.15, 0.2) is 5.60 Å². The van der Waals surface area contributed by atoms with E-state index in [1.807, 2.05) is 81.4 Å². The average molecular weight is 1620 g/mol. The zero-order valence-electron chi connectivity index (χ0n) is 57.8. The van der Waals surface area contributed by atoms with Crippen molar-refractivity contribution in [1.82, 2.24) is 10.6 Å². The van der Waals surface area contributed by atoms with Gasteiger partial charge >= 0.3 is 66.1 Å². The third kappa shape index (κ3) is 53.5. The topological polar surface area (TPSA) is 373 Å². The number of amides is 2. The van der Waals surface area contributed by atoms with E-state index >= 15 is 0 Å². The van der Waals surface area contributed by atoms with Crippen LogP contribution in [-0.4, -0.2) is 174 Å². The van der Waals surface area contributed by atoms with Crippen LogP contribution in [0.4, 0.5) is 22.8 Å². The molecule has 0 spiro atoms. The minimum atomic E-state index is -4.64. The van der Waals surface area contributed by atoms with Crippen molar-refractivity contribution in [3.05, 3.63) is 83.9 Å². The van der Waals surface area contributed by atoms with Crippen molar-refractivity contribution in [3.63, 3.8) is 0 Å². The molecule has 4 aliphatic rings. The van der Waals surface area contributed by atoms with Crippen LogP contribution in [0.5, 0.6) is 0 Å². The molecule has 26 nitrogen and oxygen atoms in total. The number of aliphatic hydroxyl groups is 2. The van der Waals surface area contributed by atoms with Gasteiger partial charge in [-0.25, -0.2) is 24.0 Å². The molecule has 4 saturated carbocycles. The summed E-state index contributed by atoms with van der Waals surface area (Å²) in [6.07, 6.45) is -5.21. The van der Waals surface area contributed by atoms with Crippen LogP contribution in [0.15, 0.2) is 72.8 Å². The number of esters is 7. The summed E-state index contributed by atoms with van der Waals surface area (Å²) in [5.41, 5.74) is -1.92. The normalized spacial score (nSPS) is 19.2. The van der Waals surface area contributed by atoms with E-state index in [4.69, 9.17) is 94.6 Å². The van der Waals surface area contributed by atoms with Gasteiger partial charge in [-0.1, -0.05) is 127 Å². The number of aliphatic hydroxyl groups excluding tert-OH is 1. The largest absolute Gasteiger partial charge is 0.481 e. The van der Waals surface area contributed by atoms with Crippen LogP contribution in [0.1, 0.15) is 193 Å². The first-order valence-electron chi connectivity index (χ1n) is 30.1. The molecule has 4 fully saturated rings. The SMILES string of the molecule is C.C.C.C.C.C.C.C.C=C(C)C(=O)OCC.CCOC(=O)C(C)=O.CCOC(=O)C1(C)CC1C(=O)O.CCOC(=O)C1(C)CC1C(=O)OC(C)(C)C.CCOC(=O)C1(C)CC1NC(=O)OCc1ccccc1.CCOC(=O)C1(O)CC1NC(=O)OCc1ccccc1.CO.ClCCl.ClCCl.O=CC(F)(F)F. The van der Waals surface area contributed by atoms with Gasteiger partial charge in [0.1, 0.15) is 18.8 Å². The van der Waals surface area contributed by atoms with Gasteiger partial charge in [-0.05, 0) is 120 Å². The van der Waals surface area contributed by atoms with Gasteiger partial charge < -0.3 is 68.6 Å². The summed E-state index contributed by atoms with van der Waals surface area (Å²) in [6.45, 7) is 29.3. The molecule has 33 heteroatoms. The lowest BCUT2D eigenvalue weighted by Gasteiger charge is -2.20. The van der Waals surface area contributed by atoms with Gasteiger partial charge in [-0.15, -0.1) is 46.4 Å². The number of aliphatic carboxylic acids is 1. The number of rotatable bonds is 20. The van der Waals surface area contributed by atoms with Crippen LogP contribution in [0.3, 0.4) is 0 Å². The number of ether oxygens (including phenoxy) is 9. The highest BCUT2D eigenvalue weighted by atomic mass is 35.5. The molecule has 8 unspecified atom stereocenters. The zero-order chi connectivity index (χ0) is 76.8. The maximum atomic E-state index is 11.7. The number of carbonyl (C=O) groups excluding carboxylic acids is 11. The van der Waals surface area contributed by atoms with E-state index in [1.165, 1.54) is 6.92 Å². The molecule has 0 aromatic heterocycles. The van der Waals surface area contributed by atoms with Crippen LogP contribution in [-0.2, 0) is 104 Å². The van der Waals surface area contributed by atoms with Crippen molar-refractivity contribution in [2.45, 2.75) is 225 Å². The van der Waals surface area contributed by atoms with Crippen molar-refractivity contribution in [2.24, 2.45) is 28.1 Å². The number of nitrogens with one attached hydrogen (secondary N) is 2. The molecule has 0 aliphatic heterocycles. The summed E-state index contributed by atoms with van der Waals surface area (Å²) < 4.78 is 74.9. The van der Waals surface area contributed by atoms with Gasteiger partial charge in [-0.3, -0.25) is 33.6 Å². The van der Waals surface area contributed by atoms with Crippen LogP contribution in [0.2, 0.25) is 0 Å². The molecule has 2 aromatic carbocycles. The Morgan fingerprint density at radius 3 is 1.08 bits per heavy atom. The summed E-state index contributed by atoms with van der Waals surface area (Å²) >= 11 is 19.1.